The number of carbonyl (C=O) groups excluding carboxylic acids is 1. The number of methoxy groups -OCH3 is 2. The third kappa shape index (κ3) is 3.80. The second-order valence-corrected chi connectivity index (χ2v) is 5.50. The van der Waals surface area contributed by atoms with Gasteiger partial charge in [-0.1, -0.05) is 12.1 Å². The van der Waals surface area contributed by atoms with Crippen molar-refractivity contribution < 1.29 is 19.0 Å². The Balaban J connectivity index is 1.84. The summed E-state index contributed by atoms with van der Waals surface area (Å²) in [6.07, 6.45) is 3.33. The molecule has 26 heavy (non-hydrogen) atoms. The first-order valence-corrected chi connectivity index (χ1v) is 7.94. The standard InChI is InChI=1S/C20H18N2O4/c1-13(23)18-9-8-17(25-3)10-19(18)26-20-21-11-15(12-22-20)14-4-6-16(24-2)7-5-14/h4-12H,1-3H3. The Kier molecular flexibility index (Phi) is 5.12. The van der Waals surface area contributed by atoms with Gasteiger partial charge < -0.3 is 14.2 Å². The minimum atomic E-state index is -0.113. The van der Waals surface area contributed by atoms with Crippen LogP contribution in [0.5, 0.6) is 23.3 Å². The van der Waals surface area contributed by atoms with Gasteiger partial charge in [-0.2, -0.15) is 0 Å². The van der Waals surface area contributed by atoms with Gasteiger partial charge in [0.1, 0.15) is 17.2 Å². The zero-order valence-corrected chi connectivity index (χ0v) is 14.7. The molecule has 0 amide bonds. The van der Waals surface area contributed by atoms with Gasteiger partial charge in [-0.15, -0.1) is 0 Å². The highest BCUT2D eigenvalue weighted by atomic mass is 16.5. The monoisotopic (exact) mass is 350 g/mol. The lowest BCUT2D eigenvalue weighted by Gasteiger charge is -2.10. The number of ketones is 1. The zero-order valence-electron chi connectivity index (χ0n) is 14.7. The van der Waals surface area contributed by atoms with Gasteiger partial charge in [0.25, 0.3) is 0 Å². The van der Waals surface area contributed by atoms with Gasteiger partial charge in [-0.3, -0.25) is 4.79 Å². The lowest BCUT2D eigenvalue weighted by atomic mass is 10.1. The quantitative estimate of drug-likeness (QED) is 0.622. The van der Waals surface area contributed by atoms with Crippen LogP contribution in [-0.2, 0) is 0 Å². The lowest BCUT2D eigenvalue weighted by molar-refractivity contribution is 0.101. The fourth-order valence-electron chi connectivity index (χ4n) is 2.40. The summed E-state index contributed by atoms with van der Waals surface area (Å²) in [5.74, 6) is 1.61. The molecule has 1 aromatic heterocycles. The van der Waals surface area contributed by atoms with Gasteiger partial charge in [0.15, 0.2) is 5.78 Å². The molecule has 0 atom stereocenters. The van der Waals surface area contributed by atoms with Crippen molar-refractivity contribution in [3.8, 4) is 34.4 Å². The molecule has 0 saturated heterocycles. The van der Waals surface area contributed by atoms with Crippen LogP contribution in [0, 0.1) is 0 Å². The highest BCUT2D eigenvalue weighted by Crippen LogP contribution is 2.29. The van der Waals surface area contributed by atoms with E-state index in [2.05, 4.69) is 9.97 Å². The Morgan fingerprint density at radius 3 is 2.04 bits per heavy atom. The van der Waals surface area contributed by atoms with Crippen molar-refractivity contribution in [2.75, 3.05) is 14.2 Å². The molecule has 2 aromatic carbocycles. The Morgan fingerprint density at radius 1 is 0.846 bits per heavy atom. The average molecular weight is 350 g/mol. The summed E-state index contributed by atoms with van der Waals surface area (Å²) in [4.78, 5) is 20.2. The van der Waals surface area contributed by atoms with Crippen molar-refractivity contribution in [1.82, 2.24) is 9.97 Å². The second kappa shape index (κ2) is 7.65. The van der Waals surface area contributed by atoms with Gasteiger partial charge in [-0.25, -0.2) is 9.97 Å². The Bertz CT molecular complexity index is 906. The number of ether oxygens (including phenoxy) is 3. The first-order chi connectivity index (χ1) is 12.6. The van der Waals surface area contributed by atoms with Crippen LogP contribution in [-0.4, -0.2) is 30.0 Å². The largest absolute Gasteiger partial charge is 0.497 e. The van der Waals surface area contributed by atoms with Crippen molar-refractivity contribution in [2.45, 2.75) is 6.92 Å². The smallest absolute Gasteiger partial charge is 0.321 e. The van der Waals surface area contributed by atoms with Crippen LogP contribution in [0.4, 0.5) is 0 Å². The Hall–Kier alpha value is -3.41. The molecule has 3 aromatic rings. The van der Waals surface area contributed by atoms with Crippen LogP contribution < -0.4 is 14.2 Å². The van der Waals surface area contributed by atoms with Crippen LogP contribution in [0.3, 0.4) is 0 Å². The first kappa shape index (κ1) is 17.4. The third-order valence-corrected chi connectivity index (χ3v) is 3.82. The molecule has 0 bridgehead atoms. The molecule has 0 N–H and O–H groups in total. The summed E-state index contributed by atoms with van der Waals surface area (Å²) in [7, 11) is 3.17. The SMILES string of the molecule is COc1ccc(-c2cnc(Oc3cc(OC)ccc3C(C)=O)nc2)cc1. The van der Waals surface area contributed by atoms with Crippen LogP contribution >= 0.6 is 0 Å². The van der Waals surface area contributed by atoms with Gasteiger partial charge >= 0.3 is 6.01 Å². The van der Waals surface area contributed by atoms with E-state index in [1.807, 2.05) is 24.3 Å². The van der Waals surface area contributed by atoms with Crippen LogP contribution in [0.25, 0.3) is 11.1 Å². The van der Waals surface area contributed by atoms with Gasteiger partial charge in [0.05, 0.1) is 19.8 Å². The molecular weight excluding hydrogens is 332 g/mol. The second-order valence-electron chi connectivity index (χ2n) is 5.50. The predicted octanol–water partition coefficient (Wildman–Crippen LogP) is 4.16. The lowest BCUT2D eigenvalue weighted by Crippen LogP contribution is -2.00. The Labute approximate surface area is 151 Å². The maximum Gasteiger partial charge on any atom is 0.321 e. The van der Waals surface area contributed by atoms with Gasteiger partial charge in [0, 0.05) is 24.0 Å². The number of carbonyl (C=O) groups is 1. The number of benzene rings is 2. The summed E-state index contributed by atoms with van der Waals surface area (Å²) in [6.45, 7) is 1.47. The van der Waals surface area contributed by atoms with Gasteiger partial charge in [0.2, 0.25) is 0 Å². The van der Waals surface area contributed by atoms with E-state index in [4.69, 9.17) is 14.2 Å². The number of aromatic nitrogens is 2. The van der Waals surface area contributed by atoms with Crippen LogP contribution in [0.2, 0.25) is 0 Å². The summed E-state index contributed by atoms with van der Waals surface area (Å²) in [5.41, 5.74) is 2.24. The van der Waals surface area contributed by atoms with E-state index in [-0.39, 0.29) is 11.8 Å². The number of rotatable bonds is 6. The molecule has 0 aliphatic heterocycles. The topological polar surface area (TPSA) is 70.5 Å². The molecule has 0 fully saturated rings. The summed E-state index contributed by atoms with van der Waals surface area (Å²) in [6, 6.07) is 12.7. The minimum absolute atomic E-state index is 0.113. The van der Waals surface area contributed by atoms with Crippen molar-refractivity contribution >= 4 is 5.78 Å². The highest BCUT2D eigenvalue weighted by Gasteiger charge is 2.12. The molecule has 6 heteroatoms. The summed E-state index contributed by atoms with van der Waals surface area (Å²) >= 11 is 0. The molecule has 0 saturated carbocycles. The molecule has 0 aliphatic carbocycles. The van der Waals surface area contributed by atoms with Gasteiger partial charge in [-0.05, 0) is 36.8 Å². The number of nitrogens with zero attached hydrogens (tertiary/aromatic N) is 2. The molecule has 0 aliphatic rings. The fraction of sp³-hybridized carbons (Fsp3) is 0.150. The average Bonchev–Trinajstić information content (AvgIpc) is 2.68. The molecule has 0 radical (unpaired) electrons. The van der Waals surface area contributed by atoms with E-state index in [9.17, 15) is 4.79 Å². The number of hydrogen-bond acceptors (Lipinski definition) is 6. The Morgan fingerprint density at radius 2 is 1.46 bits per heavy atom. The molecule has 132 valence electrons. The fourth-order valence-corrected chi connectivity index (χ4v) is 2.40. The molecule has 0 unspecified atom stereocenters. The van der Waals surface area contributed by atoms with Crippen LogP contribution in [0.15, 0.2) is 54.9 Å². The van der Waals surface area contributed by atoms with Crippen LogP contribution in [0.1, 0.15) is 17.3 Å². The van der Waals surface area contributed by atoms with E-state index >= 15 is 0 Å². The van der Waals surface area contributed by atoms with Crippen molar-refractivity contribution in [1.29, 1.82) is 0 Å². The van der Waals surface area contributed by atoms with E-state index < -0.39 is 0 Å². The minimum Gasteiger partial charge on any atom is -0.497 e. The first-order valence-electron chi connectivity index (χ1n) is 7.94. The molecule has 1 heterocycles. The van der Waals surface area contributed by atoms with E-state index in [0.29, 0.717) is 17.1 Å². The van der Waals surface area contributed by atoms with E-state index in [1.54, 1.807) is 44.8 Å². The van der Waals surface area contributed by atoms with E-state index in [0.717, 1.165) is 16.9 Å². The highest BCUT2D eigenvalue weighted by molar-refractivity contribution is 5.97. The van der Waals surface area contributed by atoms with E-state index in [1.165, 1.54) is 6.92 Å². The number of hydrogen-bond donors (Lipinski definition) is 0. The van der Waals surface area contributed by atoms with Crippen molar-refractivity contribution in [3.63, 3.8) is 0 Å². The van der Waals surface area contributed by atoms with Crippen molar-refractivity contribution in [3.05, 3.63) is 60.4 Å². The molecule has 0 spiro atoms. The third-order valence-electron chi connectivity index (χ3n) is 3.82. The zero-order chi connectivity index (χ0) is 18.5. The normalized spacial score (nSPS) is 10.3. The number of Topliss-reactive ketones (excluding diaryl/α,β-unsaturated/α-hetero) is 1. The maximum atomic E-state index is 11.8. The predicted molar refractivity (Wildman–Crippen MR) is 97.1 cm³/mol. The molecule has 3 rings (SSSR count). The molecular formula is C20H18N2O4. The van der Waals surface area contributed by atoms with Crippen molar-refractivity contribution in [2.24, 2.45) is 0 Å². The molecule has 6 nitrogen and oxygen atoms in total. The summed E-state index contributed by atoms with van der Waals surface area (Å²) in [5, 5.41) is 0. The maximum absolute atomic E-state index is 11.8. The summed E-state index contributed by atoms with van der Waals surface area (Å²) < 4.78 is 16.0.